The Morgan fingerprint density at radius 1 is 1.14 bits per heavy atom. The first-order chi connectivity index (χ1) is 10.3. The quantitative estimate of drug-likeness (QED) is 0.891. The first-order valence-electron chi connectivity index (χ1n) is 7.09. The Hall–Kier alpha value is -1.36. The van der Waals surface area contributed by atoms with E-state index in [0.717, 1.165) is 16.7 Å². The molecule has 1 N–H and O–H groups in total. The molecule has 0 aliphatic carbocycles. The fourth-order valence-corrected chi connectivity index (χ4v) is 4.20. The molecule has 0 radical (unpaired) electrons. The zero-order valence-electron chi connectivity index (χ0n) is 12.9. The molecule has 0 amide bonds. The van der Waals surface area contributed by atoms with Crippen LogP contribution in [0.15, 0.2) is 42.5 Å². The molecule has 118 valence electrons. The topological polar surface area (TPSA) is 46.2 Å². The molecule has 0 aromatic heterocycles. The predicted octanol–water partition coefficient (Wildman–Crippen LogP) is 4.14. The summed E-state index contributed by atoms with van der Waals surface area (Å²) in [6, 6.07) is 12.7. The van der Waals surface area contributed by atoms with Gasteiger partial charge in [0.2, 0.25) is 10.0 Å². The Balaban J connectivity index is 2.16. The molecular weight excluding hydrogens is 318 g/mol. The second-order valence-corrected chi connectivity index (χ2v) is 7.71. The van der Waals surface area contributed by atoms with E-state index in [2.05, 4.69) is 4.72 Å². The average Bonchev–Trinajstić information content (AvgIpc) is 2.40. The summed E-state index contributed by atoms with van der Waals surface area (Å²) in [5, 5.41) is 0.465. The van der Waals surface area contributed by atoms with Crippen molar-refractivity contribution in [1.82, 2.24) is 4.72 Å². The van der Waals surface area contributed by atoms with Gasteiger partial charge in [0.25, 0.3) is 0 Å². The van der Waals surface area contributed by atoms with Crippen molar-refractivity contribution in [3.63, 3.8) is 0 Å². The molecule has 0 saturated carbocycles. The van der Waals surface area contributed by atoms with Gasteiger partial charge in [0.05, 0.1) is 5.75 Å². The highest BCUT2D eigenvalue weighted by Crippen LogP contribution is 2.22. The summed E-state index contributed by atoms with van der Waals surface area (Å²) in [7, 11) is -3.47. The van der Waals surface area contributed by atoms with Gasteiger partial charge in [-0.05, 0) is 43.5 Å². The molecule has 0 aliphatic heterocycles. The van der Waals surface area contributed by atoms with Crippen molar-refractivity contribution >= 4 is 21.6 Å². The molecule has 0 unspecified atom stereocenters. The Morgan fingerprint density at radius 2 is 1.82 bits per heavy atom. The third-order valence-electron chi connectivity index (χ3n) is 3.55. The Morgan fingerprint density at radius 3 is 2.45 bits per heavy atom. The van der Waals surface area contributed by atoms with E-state index in [1.807, 2.05) is 39.0 Å². The molecular formula is C17H20ClNO2S. The minimum Gasteiger partial charge on any atom is -0.212 e. The van der Waals surface area contributed by atoms with Crippen LogP contribution in [-0.2, 0) is 15.8 Å². The predicted molar refractivity (Wildman–Crippen MR) is 91.5 cm³/mol. The molecule has 22 heavy (non-hydrogen) atoms. The number of hydrogen-bond acceptors (Lipinski definition) is 2. The van der Waals surface area contributed by atoms with Crippen LogP contribution in [0.3, 0.4) is 0 Å². The Kier molecular flexibility index (Phi) is 5.27. The SMILES string of the molecule is Cc1ccc([C@@H](C)NS(=O)(=O)Cc2ccccc2Cl)c(C)c1. The lowest BCUT2D eigenvalue weighted by molar-refractivity contribution is 0.565. The van der Waals surface area contributed by atoms with Gasteiger partial charge < -0.3 is 0 Å². The highest BCUT2D eigenvalue weighted by molar-refractivity contribution is 7.88. The molecule has 2 aromatic carbocycles. The van der Waals surface area contributed by atoms with Crippen LogP contribution in [0, 0.1) is 13.8 Å². The van der Waals surface area contributed by atoms with E-state index < -0.39 is 10.0 Å². The summed E-state index contributed by atoms with van der Waals surface area (Å²) >= 11 is 6.03. The first-order valence-corrected chi connectivity index (χ1v) is 9.12. The van der Waals surface area contributed by atoms with Gasteiger partial charge in [0.1, 0.15) is 0 Å². The van der Waals surface area contributed by atoms with E-state index in [1.54, 1.807) is 24.3 Å². The van der Waals surface area contributed by atoms with Crippen LogP contribution in [-0.4, -0.2) is 8.42 Å². The first kappa shape index (κ1) is 17.0. The van der Waals surface area contributed by atoms with E-state index >= 15 is 0 Å². The van der Waals surface area contributed by atoms with E-state index in [9.17, 15) is 8.42 Å². The second-order valence-electron chi connectivity index (χ2n) is 5.55. The Bertz CT molecular complexity index is 772. The number of halogens is 1. The van der Waals surface area contributed by atoms with Crippen molar-refractivity contribution in [2.45, 2.75) is 32.6 Å². The maximum atomic E-state index is 12.3. The van der Waals surface area contributed by atoms with Gasteiger partial charge in [-0.3, -0.25) is 0 Å². The summed E-state index contributed by atoms with van der Waals surface area (Å²) in [5.74, 6) is -0.123. The molecule has 0 saturated heterocycles. The minimum absolute atomic E-state index is 0.123. The van der Waals surface area contributed by atoms with Crippen LogP contribution in [0.25, 0.3) is 0 Å². The fraction of sp³-hybridized carbons (Fsp3) is 0.294. The zero-order valence-corrected chi connectivity index (χ0v) is 14.5. The van der Waals surface area contributed by atoms with Crippen LogP contribution in [0.4, 0.5) is 0 Å². The lowest BCUT2D eigenvalue weighted by Gasteiger charge is -2.17. The maximum Gasteiger partial charge on any atom is 0.216 e. The summed E-state index contributed by atoms with van der Waals surface area (Å²) in [6.07, 6.45) is 0. The van der Waals surface area contributed by atoms with Gasteiger partial charge in [0, 0.05) is 11.1 Å². The largest absolute Gasteiger partial charge is 0.216 e. The molecule has 0 aliphatic rings. The number of nitrogens with one attached hydrogen (secondary N) is 1. The monoisotopic (exact) mass is 337 g/mol. The van der Waals surface area contributed by atoms with Gasteiger partial charge >= 0.3 is 0 Å². The fourth-order valence-electron chi connectivity index (χ4n) is 2.51. The van der Waals surface area contributed by atoms with Gasteiger partial charge in [-0.1, -0.05) is 53.6 Å². The van der Waals surface area contributed by atoms with Crippen molar-refractivity contribution in [2.24, 2.45) is 0 Å². The third-order valence-corrected chi connectivity index (χ3v) is 5.32. The summed E-state index contributed by atoms with van der Waals surface area (Å²) in [5.41, 5.74) is 3.82. The molecule has 0 heterocycles. The molecule has 3 nitrogen and oxygen atoms in total. The van der Waals surface area contributed by atoms with Gasteiger partial charge in [-0.25, -0.2) is 13.1 Å². The lowest BCUT2D eigenvalue weighted by atomic mass is 10.0. The van der Waals surface area contributed by atoms with Gasteiger partial charge in [0.15, 0.2) is 0 Å². The van der Waals surface area contributed by atoms with Crippen LogP contribution in [0.2, 0.25) is 5.02 Å². The molecule has 2 aromatic rings. The summed E-state index contributed by atoms with van der Waals surface area (Å²) in [6.45, 7) is 5.85. The maximum absolute atomic E-state index is 12.3. The van der Waals surface area contributed by atoms with Crippen LogP contribution >= 0.6 is 11.6 Å². The number of hydrogen-bond donors (Lipinski definition) is 1. The molecule has 0 bridgehead atoms. The Labute approximate surface area is 137 Å². The summed E-state index contributed by atoms with van der Waals surface area (Å²) in [4.78, 5) is 0. The molecule has 5 heteroatoms. The van der Waals surface area contributed by atoms with Crippen LogP contribution < -0.4 is 4.72 Å². The van der Waals surface area contributed by atoms with E-state index in [4.69, 9.17) is 11.6 Å². The van der Waals surface area contributed by atoms with Crippen molar-refractivity contribution in [2.75, 3.05) is 0 Å². The van der Waals surface area contributed by atoms with Gasteiger partial charge in [-0.15, -0.1) is 0 Å². The van der Waals surface area contributed by atoms with E-state index in [1.165, 1.54) is 0 Å². The smallest absolute Gasteiger partial charge is 0.212 e. The van der Waals surface area contributed by atoms with Crippen LogP contribution in [0.5, 0.6) is 0 Å². The highest BCUT2D eigenvalue weighted by Gasteiger charge is 2.18. The number of rotatable bonds is 5. The number of benzene rings is 2. The number of aryl methyl sites for hydroxylation is 2. The third kappa shape index (κ3) is 4.32. The van der Waals surface area contributed by atoms with Crippen molar-refractivity contribution < 1.29 is 8.42 Å². The van der Waals surface area contributed by atoms with Crippen molar-refractivity contribution in [1.29, 1.82) is 0 Å². The van der Waals surface area contributed by atoms with Crippen molar-refractivity contribution in [3.8, 4) is 0 Å². The average molecular weight is 338 g/mol. The molecule has 1 atom stereocenters. The zero-order chi connectivity index (χ0) is 16.3. The standard InChI is InChI=1S/C17H20ClNO2S/c1-12-8-9-16(13(2)10-12)14(3)19-22(20,21)11-15-6-4-5-7-17(15)18/h4-10,14,19H,11H2,1-3H3/t14-/m1/s1. The highest BCUT2D eigenvalue weighted by atomic mass is 35.5. The normalized spacial score (nSPS) is 13.1. The minimum atomic E-state index is -3.47. The molecule has 0 fully saturated rings. The van der Waals surface area contributed by atoms with Gasteiger partial charge in [-0.2, -0.15) is 0 Å². The summed E-state index contributed by atoms with van der Waals surface area (Å²) < 4.78 is 27.4. The molecule has 0 spiro atoms. The number of sulfonamides is 1. The lowest BCUT2D eigenvalue weighted by Crippen LogP contribution is -2.28. The van der Waals surface area contributed by atoms with Crippen molar-refractivity contribution in [3.05, 3.63) is 69.7 Å². The van der Waals surface area contributed by atoms with E-state index in [0.29, 0.717) is 10.6 Å². The van der Waals surface area contributed by atoms with E-state index in [-0.39, 0.29) is 11.8 Å². The second kappa shape index (κ2) is 6.82. The van der Waals surface area contributed by atoms with Crippen LogP contribution in [0.1, 0.15) is 35.2 Å². The molecule has 2 rings (SSSR count).